The van der Waals surface area contributed by atoms with E-state index in [-0.39, 0.29) is 11.9 Å². The number of hydrogen-bond acceptors (Lipinski definition) is 2. The fraction of sp³-hybridized carbons (Fsp3) is 0.700. The van der Waals surface area contributed by atoms with Crippen LogP contribution >= 0.6 is 0 Å². The fourth-order valence-corrected chi connectivity index (χ4v) is 1.38. The Morgan fingerprint density at radius 1 is 1.58 bits per heavy atom. The summed E-state index contributed by atoms with van der Waals surface area (Å²) >= 11 is 0. The van der Waals surface area contributed by atoms with E-state index in [9.17, 15) is 4.79 Å². The molecule has 1 saturated heterocycles. The Bertz CT molecular complexity index is 173. The van der Waals surface area contributed by atoms with Crippen molar-refractivity contribution in [3.8, 4) is 0 Å². The largest absolute Gasteiger partial charge is 0.465 e. The van der Waals surface area contributed by atoms with Gasteiger partial charge in [0.1, 0.15) is 0 Å². The minimum atomic E-state index is -0.0000940. The highest BCUT2D eigenvalue weighted by Gasteiger charge is 2.24. The van der Waals surface area contributed by atoms with Crippen LogP contribution in [-0.2, 0) is 9.53 Å². The first-order valence-corrected chi connectivity index (χ1v) is 4.66. The zero-order valence-electron chi connectivity index (χ0n) is 7.58. The maximum absolute atomic E-state index is 11.0. The van der Waals surface area contributed by atoms with Gasteiger partial charge in [0.05, 0.1) is 12.5 Å². The van der Waals surface area contributed by atoms with Crippen molar-refractivity contribution in [2.75, 3.05) is 6.61 Å². The van der Waals surface area contributed by atoms with Crippen LogP contribution in [0.4, 0.5) is 0 Å². The molecule has 68 valence electrons. The van der Waals surface area contributed by atoms with Crippen LogP contribution in [0.1, 0.15) is 32.6 Å². The van der Waals surface area contributed by atoms with E-state index >= 15 is 0 Å². The lowest BCUT2D eigenvalue weighted by molar-refractivity contribution is -0.141. The zero-order valence-corrected chi connectivity index (χ0v) is 7.58. The molecule has 2 heteroatoms. The van der Waals surface area contributed by atoms with Crippen LogP contribution in [0, 0.1) is 5.92 Å². The van der Waals surface area contributed by atoms with Crippen molar-refractivity contribution in [2.45, 2.75) is 32.6 Å². The van der Waals surface area contributed by atoms with Gasteiger partial charge in [-0.2, -0.15) is 0 Å². The quantitative estimate of drug-likeness (QED) is 0.475. The summed E-state index contributed by atoms with van der Waals surface area (Å²) in [4.78, 5) is 11.0. The van der Waals surface area contributed by atoms with Crippen LogP contribution < -0.4 is 0 Å². The molecule has 0 radical (unpaired) electrons. The van der Waals surface area contributed by atoms with Crippen molar-refractivity contribution < 1.29 is 9.53 Å². The molecule has 0 aliphatic carbocycles. The van der Waals surface area contributed by atoms with E-state index in [1.807, 2.05) is 0 Å². The summed E-state index contributed by atoms with van der Waals surface area (Å²) in [6.07, 6.45) is 8.24. The first-order chi connectivity index (χ1) is 5.84. The topological polar surface area (TPSA) is 26.3 Å². The number of esters is 1. The lowest BCUT2D eigenvalue weighted by Crippen LogP contribution is -2.06. The van der Waals surface area contributed by atoms with E-state index in [1.165, 1.54) is 0 Å². The molecule has 0 saturated carbocycles. The molecule has 1 fully saturated rings. The van der Waals surface area contributed by atoms with E-state index in [0.717, 1.165) is 25.7 Å². The smallest absolute Gasteiger partial charge is 0.309 e. The van der Waals surface area contributed by atoms with Crippen molar-refractivity contribution in [3.05, 3.63) is 12.2 Å². The van der Waals surface area contributed by atoms with Crippen molar-refractivity contribution in [2.24, 2.45) is 5.92 Å². The summed E-state index contributed by atoms with van der Waals surface area (Å²) in [5.74, 6) is 0.173. The Morgan fingerprint density at radius 2 is 2.42 bits per heavy atom. The van der Waals surface area contributed by atoms with Crippen molar-refractivity contribution in [1.29, 1.82) is 0 Å². The molecular formula is C10H16O2. The summed E-state index contributed by atoms with van der Waals surface area (Å²) in [7, 11) is 0. The Hall–Kier alpha value is -0.790. The van der Waals surface area contributed by atoms with Gasteiger partial charge in [0.25, 0.3) is 0 Å². The van der Waals surface area contributed by atoms with Crippen LogP contribution in [0.25, 0.3) is 0 Å². The Kier molecular flexibility index (Phi) is 3.85. The molecule has 1 unspecified atom stereocenters. The van der Waals surface area contributed by atoms with Crippen molar-refractivity contribution >= 4 is 5.97 Å². The van der Waals surface area contributed by atoms with E-state index in [0.29, 0.717) is 6.61 Å². The van der Waals surface area contributed by atoms with E-state index in [1.54, 1.807) is 0 Å². The number of ether oxygens (including phenoxy) is 1. The molecule has 12 heavy (non-hydrogen) atoms. The Balaban J connectivity index is 2.14. The normalized spacial score (nSPS) is 23.4. The average Bonchev–Trinajstić information content (AvgIpc) is 2.46. The molecule has 0 amide bonds. The number of allylic oxidation sites excluding steroid dienone is 2. The Morgan fingerprint density at radius 3 is 3.00 bits per heavy atom. The molecule has 1 rings (SSSR count). The summed E-state index contributed by atoms with van der Waals surface area (Å²) in [6, 6.07) is 0. The van der Waals surface area contributed by atoms with Gasteiger partial charge >= 0.3 is 5.97 Å². The average molecular weight is 168 g/mol. The van der Waals surface area contributed by atoms with E-state index in [2.05, 4.69) is 19.1 Å². The Labute approximate surface area is 73.6 Å². The molecule has 0 aromatic carbocycles. The lowest BCUT2D eigenvalue weighted by atomic mass is 10.0. The summed E-state index contributed by atoms with van der Waals surface area (Å²) in [5, 5.41) is 0. The van der Waals surface area contributed by atoms with E-state index in [4.69, 9.17) is 4.74 Å². The third kappa shape index (κ3) is 2.68. The van der Waals surface area contributed by atoms with Crippen LogP contribution in [0.3, 0.4) is 0 Å². The highest BCUT2D eigenvalue weighted by atomic mass is 16.5. The molecule has 1 aliphatic heterocycles. The molecular weight excluding hydrogens is 152 g/mol. The monoisotopic (exact) mass is 168 g/mol. The molecule has 0 aromatic rings. The van der Waals surface area contributed by atoms with Crippen molar-refractivity contribution in [1.82, 2.24) is 0 Å². The molecule has 0 aromatic heterocycles. The first kappa shape index (κ1) is 9.30. The zero-order chi connectivity index (χ0) is 8.81. The molecule has 1 heterocycles. The molecule has 1 atom stereocenters. The summed E-state index contributed by atoms with van der Waals surface area (Å²) < 4.78 is 4.86. The summed E-state index contributed by atoms with van der Waals surface area (Å²) in [6.45, 7) is 2.74. The number of cyclic esters (lactones) is 1. The van der Waals surface area contributed by atoms with Crippen LogP contribution in [-0.4, -0.2) is 12.6 Å². The maximum Gasteiger partial charge on any atom is 0.309 e. The van der Waals surface area contributed by atoms with Gasteiger partial charge in [-0.25, -0.2) is 0 Å². The number of rotatable bonds is 4. The van der Waals surface area contributed by atoms with Crippen molar-refractivity contribution in [3.63, 3.8) is 0 Å². The second kappa shape index (κ2) is 4.96. The second-order valence-corrected chi connectivity index (χ2v) is 3.11. The molecule has 0 bridgehead atoms. The second-order valence-electron chi connectivity index (χ2n) is 3.11. The number of carbonyl (C=O) groups is 1. The lowest BCUT2D eigenvalue weighted by Gasteiger charge is -2.00. The molecule has 0 spiro atoms. The third-order valence-corrected chi connectivity index (χ3v) is 2.13. The SMILES string of the molecule is CC/C=C\CCC1CCOC1=O. The minimum absolute atomic E-state index is 0.0000940. The standard InChI is InChI=1S/C10H16O2/c1-2-3-4-5-6-9-7-8-12-10(9)11/h3-4,9H,2,5-8H2,1H3/b4-3-. The highest BCUT2D eigenvalue weighted by Crippen LogP contribution is 2.19. The molecule has 2 nitrogen and oxygen atoms in total. The predicted octanol–water partition coefficient (Wildman–Crippen LogP) is 2.30. The van der Waals surface area contributed by atoms with Gasteiger partial charge in [0.2, 0.25) is 0 Å². The molecule has 1 aliphatic rings. The van der Waals surface area contributed by atoms with Gasteiger partial charge in [-0.05, 0) is 25.7 Å². The number of carbonyl (C=O) groups excluding carboxylic acids is 1. The maximum atomic E-state index is 11.0. The van der Waals surface area contributed by atoms with Gasteiger partial charge in [-0.15, -0.1) is 0 Å². The first-order valence-electron chi connectivity index (χ1n) is 4.66. The van der Waals surface area contributed by atoms with E-state index < -0.39 is 0 Å². The predicted molar refractivity (Wildman–Crippen MR) is 47.7 cm³/mol. The van der Waals surface area contributed by atoms with Crippen LogP contribution in [0.5, 0.6) is 0 Å². The fourth-order valence-electron chi connectivity index (χ4n) is 1.38. The third-order valence-electron chi connectivity index (χ3n) is 2.13. The molecule has 0 N–H and O–H groups in total. The number of hydrogen-bond donors (Lipinski definition) is 0. The summed E-state index contributed by atoms with van der Waals surface area (Å²) in [5.41, 5.74) is 0. The highest BCUT2D eigenvalue weighted by molar-refractivity contribution is 5.74. The van der Waals surface area contributed by atoms with Gasteiger partial charge in [0, 0.05) is 0 Å². The van der Waals surface area contributed by atoms with Gasteiger partial charge in [-0.3, -0.25) is 4.79 Å². The van der Waals surface area contributed by atoms with Gasteiger partial charge in [0.15, 0.2) is 0 Å². The van der Waals surface area contributed by atoms with Gasteiger partial charge in [-0.1, -0.05) is 19.1 Å². The van der Waals surface area contributed by atoms with Crippen LogP contribution in [0.15, 0.2) is 12.2 Å². The minimum Gasteiger partial charge on any atom is -0.465 e. The van der Waals surface area contributed by atoms with Gasteiger partial charge < -0.3 is 4.74 Å². The van der Waals surface area contributed by atoms with Crippen LogP contribution in [0.2, 0.25) is 0 Å².